The third-order valence-electron chi connectivity index (χ3n) is 4.99. The summed E-state index contributed by atoms with van der Waals surface area (Å²) in [4.78, 5) is 11.9. The highest BCUT2D eigenvalue weighted by atomic mass is 19.1. The first-order valence-corrected chi connectivity index (χ1v) is 10.1. The molecule has 1 aromatic carbocycles. The number of nitrogens with zero attached hydrogens (tertiary/aromatic N) is 3. The highest BCUT2D eigenvalue weighted by Gasteiger charge is 2.31. The Morgan fingerprint density at radius 2 is 2.28 bits per heavy atom. The van der Waals surface area contributed by atoms with Gasteiger partial charge in [0.25, 0.3) is 0 Å². The number of amides is 2. The van der Waals surface area contributed by atoms with Gasteiger partial charge in [0.05, 0.1) is 24.9 Å². The average molecular weight is 405 g/mol. The van der Waals surface area contributed by atoms with Crippen molar-refractivity contribution in [1.82, 2.24) is 25.6 Å². The number of hydrogen-bond donors (Lipinski definition) is 3. The largest absolute Gasteiger partial charge is 0.394 e. The number of carbonyl (C=O) groups is 1. The van der Waals surface area contributed by atoms with Gasteiger partial charge in [-0.1, -0.05) is 24.3 Å². The van der Waals surface area contributed by atoms with E-state index in [0.717, 1.165) is 19.3 Å². The Morgan fingerprint density at radius 3 is 3.03 bits per heavy atom. The summed E-state index contributed by atoms with van der Waals surface area (Å²) in [5, 5.41) is 23.5. The zero-order chi connectivity index (χ0) is 20.6. The molecule has 1 aliphatic rings. The number of aliphatic hydroxyl groups is 1. The first kappa shape index (κ1) is 21.2. The van der Waals surface area contributed by atoms with Crippen molar-refractivity contribution in [2.75, 3.05) is 13.2 Å². The number of aryl methyl sites for hydroxylation is 1. The van der Waals surface area contributed by atoms with Gasteiger partial charge in [-0.05, 0) is 37.8 Å². The number of ether oxygens (including phenoxy) is 1. The number of nitrogens with one attached hydrogen (secondary N) is 2. The van der Waals surface area contributed by atoms with E-state index in [-0.39, 0.29) is 30.6 Å². The molecule has 0 radical (unpaired) electrons. The van der Waals surface area contributed by atoms with E-state index in [2.05, 4.69) is 20.9 Å². The molecule has 9 heteroatoms. The minimum Gasteiger partial charge on any atom is -0.394 e. The van der Waals surface area contributed by atoms with Crippen LogP contribution in [0.2, 0.25) is 0 Å². The molecule has 0 unspecified atom stereocenters. The summed E-state index contributed by atoms with van der Waals surface area (Å²) in [5.74, 6) is -0.311. The van der Waals surface area contributed by atoms with Crippen molar-refractivity contribution >= 4 is 6.03 Å². The number of hydrogen-bond acceptors (Lipinski definition) is 5. The quantitative estimate of drug-likeness (QED) is 0.624. The molecule has 2 amide bonds. The number of halogens is 1. The van der Waals surface area contributed by atoms with E-state index in [1.54, 1.807) is 23.0 Å². The van der Waals surface area contributed by atoms with Crippen molar-refractivity contribution in [3.8, 4) is 11.3 Å². The van der Waals surface area contributed by atoms with Gasteiger partial charge in [0, 0.05) is 18.7 Å². The maximum Gasteiger partial charge on any atom is 0.315 e. The fraction of sp³-hybridized carbons (Fsp3) is 0.550. The van der Waals surface area contributed by atoms with Gasteiger partial charge in [0.15, 0.2) is 0 Å². The van der Waals surface area contributed by atoms with Crippen molar-refractivity contribution in [3.05, 3.63) is 36.3 Å². The molecular weight excluding hydrogens is 377 g/mol. The Balaban J connectivity index is 1.49. The molecule has 2 heterocycles. The van der Waals surface area contributed by atoms with Crippen LogP contribution in [0, 0.1) is 5.82 Å². The summed E-state index contributed by atoms with van der Waals surface area (Å²) >= 11 is 0. The monoisotopic (exact) mass is 405 g/mol. The molecule has 0 aliphatic carbocycles. The number of rotatable bonds is 8. The first-order chi connectivity index (χ1) is 14.1. The fourth-order valence-electron chi connectivity index (χ4n) is 3.43. The Bertz CT molecular complexity index is 800. The minimum absolute atomic E-state index is 0.0364. The smallest absolute Gasteiger partial charge is 0.315 e. The summed E-state index contributed by atoms with van der Waals surface area (Å²) < 4.78 is 21.1. The predicted molar refractivity (Wildman–Crippen MR) is 106 cm³/mol. The number of urea groups is 1. The van der Waals surface area contributed by atoms with Crippen molar-refractivity contribution < 1.29 is 19.0 Å². The lowest BCUT2D eigenvalue weighted by molar-refractivity contribution is -0.0907. The predicted octanol–water partition coefficient (Wildman–Crippen LogP) is 2.09. The van der Waals surface area contributed by atoms with Crippen LogP contribution in [0.1, 0.15) is 32.6 Å². The average Bonchev–Trinajstić information content (AvgIpc) is 3.20. The third kappa shape index (κ3) is 5.98. The SMILES string of the molecule is CCCNC(=O)N[C@@H]1CC[C@@H](CCn2cc(-c3cccc(F)c3)nn2)O[C@@H]1CO. The molecule has 0 bridgehead atoms. The number of aliphatic hydroxyl groups excluding tert-OH is 1. The Morgan fingerprint density at radius 1 is 1.41 bits per heavy atom. The van der Waals surface area contributed by atoms with E-state index < -0.39 is 6.10 Å². The first-order valence-electron chi connectivity index (χ1n) is 10.1. The van der Waals surface area contributed by atoms with Crippen LogP contribution in [0.4, 0.5) is 9.18 Å². The van der Waals surface area contributed by atoms with Gasteiger partial charge < -0.3 is 20.5 Å². The van der Waals surface area contributed by atoms with Gasteiger partial charge in [-0.2, -0.15) is 0 Å². The van der Waals surface area contributed by atoms with E-state index >= 15 is 0 Å². The summed E-state index contributed by atoms with van der Waals surface area (Å²) in [6, 6.07) is 5.80. The summed E-state index contributed by atoms with van der Waals surface area (Å²) in [5.41, 5.74) is 1.30. The van der Waals surface area contributed by atoms with Crippen LogP contribution in [-0.4, -0.2) is 57.5 Å². The van der Waals surface area contributed by atoms with Gasteiger partial charge in [-0.3, -0.25) is 4.68 Å². The molecule has 29 heavy (non-hydrogen) atoms. The Hall–Kier alpha value is -2.52. The minimum atomic E-state index is -0.431. The van der Waals surface area contributed by atoms with Crippen molar-refractivity contribution in [2.45, 2.75) is 57.4 Å². The molecular formula is C20H28FN5O3. The standard InChI is InChI=1S/C20H28FN5O3/c1-2-9-22-20(28)23-17-7-6-16(29-19(17)13-27)8-10-26-12-18(24-25-26)14-4-3-5-15(21)11-14/h3-5,11-12,16-17,19,27H,2,6-10,13H2,1H3,(H2,22,23,28)/t16-,17+,19+/m0/s1. The third-order valence-corrected chi connectivity index (χ3v) is 4.99. The van der Waals surface area contributed by atoms with Gasteiger partial charge in [-0.15, -0.1) is 5.10 Å². The molecule has 1 fully saturated rings. The maximum atomic E-state index is 13.4. The zero-order valence-corrected chi connectivity index (χ0v) is 16.6. The second-order valence-corrected chi connectivity index (χ2v) is 7.23. The molecule has 3 rings (SSSR count). The maximum absolute atomic E-state index is 13.4. The molecule has 0 spiro atoms. The van der Waals surface area contributed by atoms with Crippen LogP contribution >= 0.6 is 0 Å². The second-order valence-electron chi connectivity index (χ2n) is 7.23. The van der Waals surface area contributed by atoms with Gasteiger partial charge >= 0.3 is 6.03 Å². The van der Waals surface area contributed by atoms with E-state index in [9.17, 15) is 14.3 Å². The number of aromatic nitrogens is 3. The van der Waals surface area contributed by atoms with Gasteiger partial charge in [0.1, 0.15) is 17.6 Å². The fourth-order valence-corrected chi connectivity index (χ4v) is 3.43. The molecule has 1 aliphatic heterocycles. The summed E-state index contributed by atoms with van der Waals surface area (Å²) in [6.45, 7) is 3.05. The van der Waals surface area contributed by atoms with Crippen LogP contribution in [0.3, 0.4) is 0 Å². The normalized spacial score (nSPS) is 21.7. The lowest BCUT2D eigenvalue weighted by Crippen LogP contribution is -2.53. The summed E-state index contributed by atoms with van der Waals surface area (Å²) in [7, 11) is 0. The lowest BCUT2D eigenvalue weighted by Gasteiger charge is -2.36. The van der Waals surface area contributed by atoms with Crippen molar-refractivity contribution in [2.24, 2.45) is 0 Å². The molecule has 3 N–H and O–H groups in total. The van der Waals surface area contributed by atoms with E-state index in [0.29, 0.717) is 30.8 Å². The van der Waals surface area contributed by atoms with Crippen LogP contribution in [-0.2, 0) is 11.3 Å². The number of carbonyl (C=O) groups excluding carboxylic acids is 1. The molecule has 2 aromatic rings. The highest BCUT2D eigenvalue weighted by Crippen LogP contribution is 2.23. The molecule has 0 saturated carbocycles. The molecule has 158 valence electrons. The molecule has 1 aromatic heterocycles. The molecule has 1 saturated heterocycles. The summed E-state index contributed by atoms with van der Waals surface area (Å²) in [6.07, 6.45) is 4.40. The van der Waals surface area contributed by atoms with E-state index in [1.807, 2.05) is 6.92 Å². The van der Waals surface area contributed by atoms with Crippen LogP contribution in [0.15, 0.2) is 30.5 Å². The Kier molecular flexibility index (Phi) is 7.54. The highest BCUT2D eigenvalue weighted by molar-refractivity contribution is 5.74. The van der Waals surface area contributed by atoms with Crippen LogP contribution in [0.5, 0.6) is 0 Å². The second kappa shape index (κ2) is 10.3. The Labute approximate surface area is 169 Å². The van der Waals surface area contributed by atoms with Crippen molar-refractivity contribution in [3.63, 3.8) is 0 Å². The van der Waals surface area contributed by atoms with Crippen LogP contribution < -0.4 is 10.6 Å². The number of benzene rings is 1. The van der Waals surface area contributed by atoms with Gasteiger partial charge in [-0.25, -0.2) is 9.18 Å². The van der Waals surface area contributed by atoms with Gasteiger partial charge in [0.2, 0.25) is 0 Å². The lowest BCUT2D eigenvalue weighted by atomic mass is 9.97. The van der Waals surface area contributed by atoms with E-state index in [1.165, 1.54) is 12.1 Å². The van der Waals surface area contributed by atoms with E-state index in [4.69, 9.17) is 4.74 Å². The molecule has 3 atom stereocenters. The van der Waals surface area contributed by atoms with Crippen molar-refractivity contribution in [1.29, 1.82) is 0 Å². The topological polar surface area (TPSA) is 101 Å². The zero-order valence-electron chi connectivity index (χ0n) is 16.6. The van der Waals surface area contributed by atoms with Crippen LogP contribution in [0.25, 0.3) is 11.3 Å². The molecule has 8 nitrogen and oxygen atoms in total.